The zero-order valence-electron chi connectivity index (χ0n) is 13.4. The smallest absolute Gasteiger partial charge is 0.204 e. The monoisotopic (exact) mass is 436 g/mol. The van der Waals surface area contributed by atoms with Crippen molar-refractivity contribution in [2.45, 2.75) is 20.5 Å². The van der Waals surface area contributed by atoms with Crippen molar-refractivity contribution in [1.29, 1.82) is 0 Å². The number of aromatic amines is 1. The maximum atomic E-state index is 6.04. The fourth-order valence-corrected chi connectivity index (χ4v) is 3.10. The third kappa shape index (κ3) is 3.84. The molecule has 0 aliphatic heterocycles. The van der Waals surface area contributed by atoms with Crippen LogP contribution in [-0.2, 0) is 6.61 Å². The number of halogens is 1. The van der Waals surface area contributed by atoms with Gasteiger partial charge in [-0.1, -0.05) is 29.8 Å². The topological polar surface area (TPSA) is 72.9 Å². The first-order valence-corrected chi connectivity index (χ1v) is 8.63. The summed E-state index contributed by atoms with van der Waals surface area (Å²) in [5.41, 5.74) is 3.17. The molecule has 0 fully saturated rings. The summed E-state index contributed by atoms with van der Waals surface area (Å²) in [6.07, 6.45) is 0. The molecule has 0 aliphatic carbocycles. The number of nitrogens with zero attached hydrogens (tertiary/aromatic N) is 3. The number of aromatic nitrogens is 4. The first-order chi connectivity index (χ1) is 11.7. The Morgan fingerprint density at radius 2 is 2.04 bits per heavy atom. The van der Waals surface area contributed by atoms with E-state index in [0.717, 1.165) is 20.4 Å². The number of benzene rings is 2. The Balaban J connectivity index is 1.88. The second kappa shape index (κ2) is 7.61. The Hall–Kier alpha value is -2.16. The molecule has 0 radical (unpaired) electrons. The van der Waals surface area contributed by atoms with Crippen molar-refractivity contribution in [2.24, 2.45) is 0 Å². The first-order valence-electron chi connectivity index (χ1n) is 7.56. The quantitative estimate of drug-likeness (QED) is 0.596. The minimum atomic E-state index is 0.485. The van der Waals surface area contributed by atoms with Crippen LogP contribution in [0.3, 0.4) is 0 Å². The van der Waals surface area contributed by atoms with Crippen LogP contribution in [0.4, 0.5) is 0 Å². The fraction of sp³-hybridized carbons (Fsp3) is 0.235. The second-order valence-corrected chi connectivity index (χ2v) is 6.39. The molecular formula is C17H17IN4O2. The summed E-state index contributed by atoms with van der Waals surface area (Å²) in [6.45, 7) is 5.04. The van der Waals surface area contributed by atoms with Crippen molar-refractivity contribution in [3.8, 4) is 22.9 Å². The number of H-pyrrole nitrogens is 1. The number of hydrogen-bond acceptors (Lipinski definition) is 5. The van der Waals surface area contributed by atoms with Crippen molar-refractivity contribution in [2.75, 3.05) is 6.61 Å². The predicted molar refractivity (Wildman–Crippen MR) is 99.0 cm³/mol. The Morgan fingerprint density at radius 3 is 2.75 bits per heavy atom. The van der Waals surface area contributed by atoms with E-state index in [1.165, 1.54) is 5.56 Å². The van der Waals surface area contributed by atoms with Gasteiger partial charge in [0.15, 0.2) is 11.5 Å². The average molecular weight is 436 g/mol. The van der Waals surface area contributed by atoms with Crippen molar-refractivity contribution >= 4 is 22.6 Å². The highest BCUT2D eigenvalue weighted by atomic mass is 127. The van der Waals surface area contributed by atoms with E-state index in [9.17, 15) is 0 Å². The zero-order valence-corrected chi connectivity index (χ0v) is 15.6. The van der Waals surface area contributed by atoms with Gasteiger partial charge >= 0.3 is 0 Å². The van der Waals surface area contributed by atoms with E-state index in [1.807, 2.05) is 31.2 Å². The van der Waals surface area contributed by atoms with Crippen molar-refractivity contribution in [3.05, 3.63) is 51.1 Å². The summed E-state index contributed by atoms with van der Waals surface area (Å²) in [6, 6.07) is 12.1. The molecule has 0 amide bonds. The molecule has 2 aromatic carbocycles. The first kappa shape index (κ1) is 16.7. The highest BCUT2D eigenvalue weighted by molar-refractivity contribution is 14.1. The standard InChI is InChI=1S/C17H17IN4O2/c1-3-23-15-9-13(17-19-21-22-20-17)8-14(18)16(15)24-10-12-6-4-5-11(2)7-12/h4-9H,3,10H2,1-2H3,(H,19,20,21,22). The van der Waals surface area contributed by atoms with Gasteiger partial charge in [-0.2, -0.15) is 5.21 Å². The molecule has 0 unspecified atom stereocenters. The van der Waals surface area contributed by atoms with Crippen LogP contribution < -0.4 is 9.47 Å². The number of nitrogens with one attached hydrogen (secondary N) is 1. The lowest BCUT2D eigenvalue weighted by Crippen LogP contribution is -2.02. The summed E-state index contributed by atoms with van der Waals surface area (Å²) < 4.78 is 12.7. The van der Waals surface area contributed by atoms with Crippen LogP contribution >= 0.6 is 22.6 Å². The molecule has 7 heteroatoms. The van der Waals surface area contributed by atoms with Crippen LogP contribution in [0.1, 0.15) is 18.1 Å². The minimum absolute atomic E-state index is 0.485. The molecule has 0 bridgehead atoms. The lowest BCUT2D eigenvalue weighted by molar-refractivity contribution is 0.267. The van der Waals surface area contributed by atoms with Gasteiger partial charge < -0.3 is 9.47 Å². The number of rotatable bonds is 6. The van der Waals surface area contributed by atoms with Crippen molar-refractivity contribution in [1.82, 2.24) is 20.6 Å². The normalized spacial score (nSPS) is 10.6. The Kier molecular flexibility index (Phi) is 5.29. The summed E-state index contributed by atoms with van der Waals surface area (Å²) in [5.74, 6) is 1.93. The van der Waals surface area contributed by atoms with E-state index >= 15 is 0 Å². The van der Waals surface area contributed by atoms with Gasteiger partial charge in [0.05, 0.1) is 10.2 Å². The summed E-state index contributed by atoms with van der Waals surface area (Å²) >= 11 is 2.23. The number of tetrazole rings is 1. The van der Waals surface area contributed by atoms with Gasteiger partial charge in [0.25, 0.3) is 0 Å². The molecule has 24 heavy (non-hydrogen) atoms. The highest BCUT2D eigenvalue weighted by Crippen LogP contribution is 2.37. The van der Waals surface area contributed by atoms with E-state index < -0.39 is 0 Å². The zero-order chi connectivity index (χ0) is 16.9. The molecule has 0 saturated heterocycles. The molecular weight excluding hydrogens is 419 g/mol. The Morgan fingerprint density at radius 1 is 1.17 bits per heavy atom. The molecule has 6 nitrogen and oxygen atoms in total. The van der Waals surface area contributed by atoms with Crippen LogP contribution in [0.5, 0.6) is 11.5 Å². The van der Waals surface area contributed by atoms with Gasteiger partial charge in [-0.25, -0.2) is 0 Å². The van der Waals surface area contributed by atoms with Crippen LogP contribution in [-0.4, -0.2) is 27.2 Å². The van der Waals surface area contributed by atoms with E-state index in [1.54, 1.807) is 0 Å². The summed E-state index contributed by atoms with van der Waals surface area (Å²) in [4.78, 5) is 0. The molecule has 0 atom stereocenters. The maximum Gasteiger partial charge on any atom is 0.204 e. The van der Waals surface area contributed by atoms with Gasteiger partial charge in [-0.3, -0.25) is 0 Å². The molecule has 0 saturated carbocycles. The molecule has 124 valence electrons. The Labute approximate surface area is 153 Å². The highest BCUT2D eigenvalue weighted by Gasteiger charge is 2.15. The lowest BCUT2D eigenvalue weighted by atomic mass is 10.1. The third-order valence-corrected chi connectivity index (χ3v) is 4.18. The van der Waals surface area contributed by atoms with E-state index in [0.29, 0.717) is 24.8 Å². The average Bonchev–Trinajstić information content (AvgIpc) is 3.09. The van der Waals surface area contributed by atoms with E-state index in [2.05, 4.69) is 62.3 Å². The molecule has 1 aromatic heterocycles. The van der Waals surface area contributed by atoms with Gasteiger partial charge in [-0.15, -0.1) is 10.2 Å². The number of aryl methyl sites for hydroxylation is 1. The second-order valence-electron chi connectivity index (χ2n) is 5.23. The van der Waals surface area contributed by atoms with Crippen LogP contribution in [0.15, 0.2) is 36.4 Å². The molecule has 0 aliphatic rings. The van der Waals surface area contributed by atoms with Gasteiger partial charge in [0.2, 0.25) is 5.82 Å². The van der Waals surface area contributed by atoms with Gasteiger partial charge in [-0.05, 0) is 59.3 Å². The molecule has 3 aromatic rings. The van der Waals surface area contributed by atoms with Crippen molar-refractivity contribution in [3.63, 3.8) is 0 Å². The molecule has 1 N–H and O–H groups in total. The molecule has 3 rings (SSSR count). The Bertz CT molecular complexity index is 821. The molecule has 1 heterocycles. The minimum Gasteiger partial charge on any atom is -0.490 e. The number of hydrogen-bond donors (Lipinski definition) is 1. The van der Waals surface area contributed by atoms with Gasteiger partial charge in [0, 0.05) is 5.56 Å². The summed E-state index contributed by atoms with van der Waals surface area (Å²) in [7, 11) is 0. The molecule has 0 spiro atoms. The maximum absolute atomic E-state index is 6.04. The third-order valence-electron chi connectivity index (χ3n) is 3.38. The number of ether oxygens (including phenoxy) is 2. The predicted octanol–water partition coefficient (Wildman–Crippen LogP) is 3.76. The van der Waals surface area contributed by atoms with Crippen LogP contribution in [0, 0.1) is 10.5 Å². The van der Waals surface area contributed by atoms with Crippen LogP contribution in [0.25, 0.3) is 11.4 Å². The van der Waals surface area contributed by atoms with Crippen molar-refractivity contribution < 1.29 is 9.47 Å². The summed E-state index contributed by atoms with van der Waals surface area (Å²) in [5, 5.41) is 14.1. The van der Waals surface area contributed by atoms with Crippen LogP contribution in [0.2, 0.25) is 0 Å². The lowest BCUT2D eigenvalue weighted by Gasteiger charge is -2.15. The fourth-order valence-electron chi connectivity index (χ4n) is 2.34. The van der Waals surface area contributed by atoms with E-state index in [4.69, 9.17) is 9.47 Å². The largest absolute Gasteiger partial charge is 0.490 e. The van der Waals surface area contributed by atoms with E-state index in [-0.39, 0.29) is 0 Å². The SMILES string of the molecule is CCOc1cc(-c2nn[nH]n2)cc(I)c1OCc1cccc(C)c1. The van der Waals surface area contributed by atoms with Gasteiger partial charge in [0.1, 0.15) is 6.61 Å².